The van der Waals surface area contributed by atoms with Crippen LogP contribution in [0.4, 0.5) is 5.69 Å². The van der Waals surface area contributed by atoms with Gasteiger partial charge >= 0.3 is 0 Å². The molecule has 0 radical (unpaired) electrons. The van der Waals surface area contributed by atoms with Crippen molar-refractivity contribution in [2.45, 2.75) is 12.2 Å². The molecule has 4 nitrogen and oxygen atoms in total. The summed E-state index contributed by atoms with van der Waals surface area (Å²) in [7, 11) is 0. The summed E-state index contributed by atoms with van der Waals surface area (Å²) in [5.41, 5.74) is 0.631. The third kappa shape index (κ3) is 1.42. The molecule has 3 aliphatic rings. The SMILES string of the molecule is O=C1[C@@H]2[C@@H](C(=O)N1c1ccc(Br)cc1)[C@H]1C=C[C@H]2O1. The first kappa shape index (κ1) is 11.4. The first-order valence-electron chi connectivity index (χ1n) is 6.14. The highest BCUT2D eigenvalue weighted by atomic mass is 79.9. The van der Waals surface area contributed by atoms with Gasteiger partial charge in [0.15, 0.2) is 0 Å². The molecule has 19 heavy (non-hydrogen) atoms. The summed E-state index contributed by atoms with van der Waals surface area (Å²) in [6, 6.07) is 7.20. The molecular weight excluding hydrogens is 310 g/mol. The maximum absolute atomic E-state index is 12.5. The van der Waals surface area contributed by atoms with E-state index in [0.29, 0.717) is 5.69 Å². The highest BCUT2D eigenvalue weighted by molar-refractivity contribution is 9.10. The fourth-order valence-electron chi connectivity index (χ4n) is 3.15. The average Bonchev–Trinajstić information content (AvgIpc) is 3.06. The molecule has 0 spiro atoms. The third-order valence-electron chi connectivity index (χ3n) is 4.00. The Morgan fingerprint density at radius 1 is 0.947 bits per heavy atom. The molecule has 0 aromatic heterocycles. The second-order valence-electron chi connectivity index (χ2n) is 4.99. The number of hydrogen-bond acceptors (Lipinski definition) is 3. The van der Waals surface area contributed by atoms with E-state index >= 15 is 0 Å². The number of amides is 2. The van der Waals surface area contributed by atoms with Crippen LogP contribution in [0.2, 0.25) is 0 Å². The summed E-state index contributed by atoms with van der Waals surface area (Å²) in [6.07, 6.45) is 3.32. The number of fused-ring (bicyclic) bond motifs is 5. The number of carbonyl (C=O) groups excluding carboxylic acids is 2. The van der Waals surface area contributed by atoms with Crippen LogP contribution in [0.15, 0.2) is 40.9 Å². The van der Waals surface area contributed by atoms with Gasteiger partial charge in [0.2, 0.25) is 11.8 Å². The van der Waals surface area contributed by atoms with Crippen LogP contribution in [0.5, 0.6) is 0 Å². The van der Waals surface area contributed by atoms with E-state index in [0.717, 1.165) is 4.47 Å². The van der Waals surface area contributed by atoms with Crippen molar-refractivity contribution in [1.82, 2.24) is 0 Å². The molecule has 0 saturated carbocycles. The summed E-state index contributed by atoms with van der Waals surface area (Å²) < 4.78 is 6.51. The predicted molar refractivity (Wildman–Crippen MR) is 71.4 cm³/mol. The van der Waals surface area contributed by atoms with Crippen LogP contribution < -0.4 is 4.90 Å². The standard InChI is InChI=1S/C14H10BrNO3/c15-7-1-3-8(4-2-7)16-13(17)11-9-5-6-10(19-9)12(11)14(16)18/h1-6,9-12H/t9-,10-,11+,12+/m1/s1. The van der Waals surface area contributed by atoms with Gasteiger partial charge in [0.25, 0.3) is 0 Å². The monoisotopic (exact) mass is 319 g/mol. The molecule has 3 heterocycles. The zero-order chi connectivity index (χ0) is 13.1. The Bertz CT molecular complexity index is 580. The van der Waals surface area contributed by atoms with Crippen LogP contribution in [-0.4, -0.2) is 24.0 Å². The molecule has 4 rings (SSSR count). The molecule has 0 aliphatic carbocycles. The molecule has 5 heteroatoms. The molecule has 2 bridgehead atoms. The zero-order valence-corrected chi connectivity index (χ0v) is 11.4. The quantitative estimate of drug-likeness (QED) is 0.586. The van der Waals surface area contributed by atoms with Gasteiger partial charge in [-0.1, -0.05) is 28.1 Å². The molecule has 1 aromatic carbocycles. The van der Waals surface area contributed by atoms with E-state index in [1.807, 2.05) is 24.3 Å². The van der Waals surface area contributed by atoms with Gasteiger partial charge in [0.05, 0.1) is 29.7 Å². The Morgan fingerprint density at radius 2 is 1.47 bits per heavy atom. The molecule has 2 saturated heterocycles. The maximum atomic E-state index is 12.5. The van der Waals surface area contributed by atoms with Crippen LogP contribution in [0.3, 0.4) is 0 Å². The highest BCUT2D eigenvalue weighted by Crippen LogP contribution is 2.46. The molecule has 2 amide bonds. The van der Waals surface area contributed by atoms with Gasteiger partial charge < -0.3 is 4.74 Å². The first-order valence-corrected chi connectivity index (χ1v) is 6.93. The number of benzene rings is 1. The van der Waals surface area contributed by atoms with E-state index in [9.17, 15) is 9.59 Å². The Balaban J connectivity index is 1.74. The van der Waals surface area contributed by atoms with E-state index in [1.165, 1.54) is 4.90 Å². The summed E-state index contributed by atoms with van der Waals surface area (Å²) in [5.74, 6) is -0.972. The lowest BCUT2D eigenvalue weighted by atomic mass is 9.85. The van der Waals surface area contributed by atoms with Gasteiger partial charge in [0.1, 0.15) is 0 Å². The number of carbonyl (C=O) groups is 2. The van der Waals surface area contributed by atoms with Crippen molar-refractivity contribution in [2.24, 2.45) is 11.8 Å². The minimum atomic E-state index is -0.342. The van der Waals surface area contributed by atoms with Crippen molar-refractivity contribution in [3.63, 3.8) is 0 Å². The summed E-state index contributed by atoms with van der Waals surface area (Å²) in [4.78, 5) is 26.2. The maximum Gasteiger partial charge on any atom is 0.240 e. The minimum absolute atomic E-state index is 0.144. The Morgan fingerprint density at radius 3 is 2.00 bits per heavy atom. The van der Waals surface area contributed by atoms with Gasteiger partial charge in [-0.05, 0) is 24.3 Å². The van der Waals surface area contributed by atoms with Crippen LogP contribution in [-0.2, 0) is 14.3 Å². The summed E-state index contributed by atoms with van der Waals surface area (Å²) in [5, 5.41) is 0. The summed E-state index contributed by atoms with van der Waals surface area (Å²) in [6.45, 7) is 0. The normalized spacial score (nSPS) is 35.3. The van der Waals surface area contributed by atoms with Gasteiger partial charge in [-0.25, -0.2) is 4.90 Å². The smallest absolute Gasteiger partial charge is 0.240 e. The molecule has 3 aliphatic heterocycles. The molecular formula is C14H10BrNO3. The number of rotatable bonds is 1. The number of ether oxygens (including phenoxy) is 1. The molecule has 4 atom stereocenters. The van der Waals surface area contributed by atoms with Crippen molar-refractivity contribution in [3.05, 3.63) is 40.9 Å². The third-order valence-corrected chi connectivity index (χ3v) is 4.52. The van der Waals surface area contributed by atoms with E-state index < -0.39 is 0 Å². The lowest BCUT2D eigenvalue weighted by Gasteiger charge is -2.17. The van der Waals surface area contributed by atoms with Crippen molar-refractivity contribution >= 4 is 33.4 Å². The fourth-order valence-corrected chi connectivity index (χ4v) is 3.41. The van der Waals surface area contributed by atoms with Crippen molar-refractivity contribution in [2.75, 3.05) is 4.90 Å². The van der Waals surface area contributed by atoms with Crippen LogP contribution in [0.25, 0.3) is 0 Å². The second-order valence-corrected chi connectivity index (χ2v) is 5.91. The molecule has 2 fully saturated rings. The molecule has 0 unspecified atom stereocenters. The Labute approximate surface area is 118 Å². The number of nitrogens with zero attached hydrogens (tertiary/aromatic N) is 1. The number of imide groups is 1. The van der Waals surface area contributed by atoms with E-state index in [-0.39, 0.29) is 35.9 Å². The molecule has 96 valence electrons. The van der Waals surface area contributed by atoms with Gasteiger partial charge in [-0.15, -0.1) is 0 Å². The lowest BCUT2D eigenvalue weighted by Crippen LogP contribution is -2.34. The Kier molecular flexibility index (Phi) is 2.26. The average molecular weight is 320 g/mol. The van der Waals surface area contributed by atoms with Crippen molar-refractivity contribution < 1.29 is 14.3 Å². The topological polar surface area (TPSA) is 46.6 Å². The minimum Gasteiger partial charge on any atom is -0.365 e. The number of hydrogen-bond donors (Lipinski definition) is 0. The molecule has 0 N–H and O–H groups in total. The van der Waals surface area contributed by atoms with Crippen LogP contribution in [0.1, 0.15) is 0 Å². The number of halogens is 1. The summed E-state index contributed by atoms with van der Waals surface area (Å²) >= 11 is 3.34. The van der Waals surface area contributed by atoms with Crippen LogP contribution >= 0.6 is 15.9 Å². The van der Waals surface area contributed by atoms with Gasteiger partial charge in [-0.2, -0.15) is 0 Å². The van der Waals surface area contributed by atoms with Crippen molar-refractivity contribution in [1.29, 1.82) is 0 Å². The first-order chi connectivity index (χ1) is 9.16. The highest BCUT2D eigenvalue weighted by Gasteiger charge is 2.60. The Hall–Kier alpha value is -1.46. The van der Waals surface area contributed by atoms with Gasteiger partial charge in [0, 0.05) is 4.47 Å². The van der Waals surface area contributed by atoms with Crippen molar-refractivity contribution in [3.8, 4) is 0 Å². The van der Waals surface area contributed by atoms with Gasteiger partial charge in [-0.3, -0.25) is 9.59 Å². The van der Waals surface area contributed by atoms with Crippen LogP contribution in [0, 0.1) is 11.8 Å². The lowest BCUT2D eigenvalue weighted by molar-refractivity contribution is -0.124. The fraction of sp³-hybridized carbons (Fsp3) is 0.286. The number of anilines is 1. The molecule has 1 aromatic rings. The zero-order valence-electron chi connectivity index (χ0n) is 9.82. The predicted octanol–water partition coefficient (Wildman–Crippen LogP) is 1.89. The largest absolute Gasteiger partial charge is 0.365 e. The second kappa shape index (κ2) is 3.77. The van der Waals surface area contributed by atoms with E-state index in [2.05, 4.69) is 15.9 Å². The van der Waals surface area contributed by atoms with E-state index in [1.54, 1.807) is 12.1 Å². The van der Waals surface area contributed by atoms with E-state index in [4.69, 9.17) is 4.74 Å².